The number of methoxy groups -OCH3 is 3. The number of benzene rings is 12. The zero-order valence-electron chi connectivity index (χ0n) is 75.2. The summed E-state index contributed by atoms with van der Waals surface area (Å²) in [5.41, 5.74) is 7.26. The number of aromatic hydroxyl groups is 18. The molecule has 738 valence electrons. The summed E-state index contributed by atoms with van der Waals surface area (Å²) >= 11 is 0. The van der Waals surface area contributed by atoms with E-state index in [4.69, 9.17) is 51.8 Å². The summed E-state index contributed by atoms with van der Waals surface area (Å²) in [6.45, 7) is 0.429. The molecule has 19 rings (SSSR count). The van der Waals surface area contributed by atoms with Gasteiger partial charge in [0, 0.05) is 137 Å². The van der Waals surface area contributed by atoms with Gasteiger partial charge in [0.1, 0.15) is 87.3 Å². The lowest BCUT2D eigenvalue weighted by Gasteiger charge is -2.31. The van der Waals surface area contributed by atoms with E-state index in [-0.39, 0.29) is 172 Å². The molecule has 14 aromatic rings. The molecule has 140 heavy (non-hydrogen) atoms. The lowest BCUT2D eigenvalue weighted by molar-refractivity contribution is 0.0195. The number of hydrogen-bond donors (Lipinski definition) is 26. The summed E-state index contributed by atoms with van der Waals surface area (Å²) in [6.07, 6.45) is -5.40. The maximum Gasteiger partial charge on any atom is 0.344 e. The fourth-order valence-electron chi connectivity index (χ4n) is 17.2. The molecular formula is C101H101NO38. The molecule has 5 aliphatic rings. The minimum Gasteiger partial charge on any atom is -0.508 e. The zero-order chi connectivity index (χ0) is 101. The van der Waals surface area contributed by atoms with Gasteiger partial charge < -0.3 is 184 Å². The Bertz CT molecular complexity index is 6760. The fourth-order valence-corrected chi connectivity index (χ4v) is 17.2. The van der Waals surface area contributed by atoms with Crippen molar-refractivity contribution in [2.75, 3.05) is 55.2 Å². The molecule has 0 radical (unpaired) electrons. The Morgan fingerprint density at radius 1 is 0.343 bits per heavy atom. The average molecular weight is 1940 g/mol. The van der Waals surface area contributed by atoms with Crippen LogP contribution in [0.3, 0.4) is 0 Å². The van der Waals surface area contributed by atoms with E-state index in [2.05, 4.69) is 0 Å². The van der Waals surface area contributed by atoms with Crippen molar-refractivity contribution in [3.63, 3.8) is 0 Å². The van der Waals surface area contributed by atoms with Crippen LogP contribution in [0.2, 0.25) is 0 Å². The third kappa shape index (κ3) is 20.8. The summed E-state index contributed by atoms with van der Waals surface area (Å²) in [5.74, 6) is -3.32. The van der Waals surface area contributed by atoms with E-state index in [9.17, 15) is 137 Å². The summed E-state index contributed by atoms with van der Waals surface area (Å²) in [7, 11) is 8.48. The first-order valence-electron chi connectivity index (χ1n) is 43.3. The Kier molecular flexibility index (Phi) is 29.9. The molecule has 2 aromatic heterocycles. The van der Waals surface area contributed by atoms with Crippen molar-refractivity contribution >= 4 is 32.7 Å². The maximum absolute atomic E-state index is 12.9. The molecule has 0 amide bonds. The first-order chi connectivity index (χ1) is 66.7. The van der Waals surface area contributed by atoms with Crippen LogP contribution in [-0.4, -0.2) is 217 Å². The van der Waals surface area contributed by atoms with E-state index in [1.165, 1.54) is 87.0 Å². The summed E-state index contributed by atoms with van der Waals surface area (Å²) in [6, 6.07) is 37.2. The molecule has 5 aliphatic heterocycles. The van der Waals surface area contributed by atoms with Gasteiger partial charge in [0.05, 0.1) is 82.3 Å². The normalized spacial score (nSPS) is 18.4. The Morgan fingerprint density at radius 3 is 1.13 bits per heavy atom. The molecule has 0 fully saturated rings. The fraction of sp³-hybridized carbons (Fsp3) is 0.267. The predicted molar refractivity (Wildman–Crippen MR) is 496 cm³/mol. The molecule has 12 aromatic carbocycles. The van der Waals surface area contributed by atoms with Crippen LogP contribution in [0, 0.1) is 0 Å². The standard InChI is InChI=1S/C21H26O6.C20H19NO6.2C15H14O7.2C15H14O6/c1-26-19-8-13(3-2-6-22)7-17-18(12-25)20(27-21(17)19)14-4-5-15(10-23)16(9-14)11-24;1-21(2)8-7-10-9-13(25-4)18-16-14(10)20(23)27-17-12(24-3)6-5-11(15(16)17)19(22)26-18;2*16-7-3-9(17)8-5-12(20)15(22-13(8)4-7)6-1-10(18)14(21)11(19)2-6;2*16-8-4-11(18)9-6-13(20)15(21-14(9)5-8)7-1-2-10(17)12(19)3-7/h4-5,7-9,18,20,22-25H,2-3,6,10-12H2,1H3;5-6,9H,7-8H2,1-4H3;2*1-4,12,15-21H,5H2;2*1-5,13,15-20H,6H2/t18-,20+;;2*12-,15+;2*13-,15+/m0.1010/s1. The maximum atomic E-state index is 12.9. The van der Waals surface area contributed by atoms with Crippen molar-refractivity contribution < 1.29 is 179 Å². The third-order valence-electron chi connectivity index (χ3n) is 24.1. The Hall–Kier alpha value is -16.0. The van der Waals surface area contributed by atoms with E-state index in [1.54, 1.807) is 31.4 Å². The van der Waals surface area contributed by atoms with E-state index >= 15 is 0 Å². The number of aliphatic hydroxyl groups is 8. The molecule has 0 bridgehead atoms. The highest BCUT2D eigenvalue weighted by Gasteiger charge is 2.41. The van der Waals surface area contributed by atoms with E-state index in [0.29, 0.717) is 108 Å². The van der Waals surface area contributed by atoms with Gasteiger partial charge in [-0.15, -0.1) is 0 Å². The Balaban J connectivity index is 0.000000134. The van der Waals surface area contributed by atoms with Crippen LogP contribution in [0.5, 0.6) is 149 Å². The Morgan fingerprint density at radius 2 is 0.736 bits per heavy atom. The second-order valence-electron chi connectivity index (χ2n) is 33.7. The van der Waals surface area contributed by atoms with Gasteiger partial charge in [-0.05, 0) is 151 Å². The molecule has 26 N–H and O–H groups in total. The van der Waals surface area contributed by atoms with Crippen LogP contribution in [0.25, 0.3) is 32.7 Å². The molecule has 0 saturated heterocycles. The molecule has 0 saturated carbocycles. The first kappa shape index (κ1) is 100.0. The van der Waals surface area contributed by atoms with Crippen LogP contribution < -0.4 is 49.1 Å². The van der Waals surface area contributed by atoms with Gasteiger partial charge in [-0.3, -0.25) is 0 Å². The second-order valence-corrected chi connectivity index (χ2v) is 33.7. The zero-order valence-corrected chi connectivity index (χ0v) is 75.2. The van der Waals surface area contributed by atoms with Gasteiger partial charge in [0.25, 0.3) is 0 Å². The average Bonchev–Trinajstić information content (AvgIpc) is 0.839. The number of likely N-dealkylation sites (N-methyl/N-ethyl adjacent to an activating group) is 1. The number of fused-ring (bicyclic) bond motifs is 5. The predicted octanol–water partition coefficient (Wildman–Crippen LogP) is 10.0. The minimum absolute atomic E-state index is 0.0640. The number of aryl methyl sites for hydroxylation is 1. The summed E-state index contributed by atoms with van der Waals surface area (Å²) in [4.78, 5) is 27.4. The number of rotatable bonds is 17. The van der Waals surface area contributed by atoms with Crippen molar-refractivity contribution in [1.29, 1.82) is 0 Å². The van der Waals surface area contributed by atoms with Gasteiger partial charge in [0.15, 0.2) is 104 Å². The van der Waals surface area contributed by atoms with Gasteiger partial charge in [-0.2, -0.15) is 0 Å². The molecule has 0 aliphatic carbocycles. The van der Waals surface area contributed by atoms with Gasteiger partial charge >= 0.3 is 11.3 Å². The number of aliphatic hydroxyl groups excluding tert-OH is 8. The van der Waals surface area contributed by atoms with Crippen molar-refractivity contribution in [3.8, 4) is 149 Å². The monoisotopic (exact) mass is 1940 g/mol. The number of nitrogens with zero attached hydrogens (tertiary/aromatic N) is 1. The SMILES string of the molecule is COc1cc(CCCO)cc2c1O[C@H](c1ccc(CO)c(CO)c1)[C@H]2CO.COc1ccc2c(=O)oc3c(OC)cc(CCN(C)C)c4c(=O)oc1c2c34.Oc1cc(O)c2c(c1)O[C@@H](c1cc(O)c(O)c(O)c1)[C@H](O)C2.Oc1cc(O)c2c(c1)O[C@@H](c1ccc(O)c(O)c1)[C@H](O)C2.Oc1cc(O)c2c(c1)O[C@H](c1cc(O)c(O)c(O)c1)[C@@H](O)C2.Oc1cc(O)c2c(c1)O[C@H](c1ccc(O)c(O)c1)[C@@H](O)C2. The Labute approximate surface area is 793 Å². The van der Waals surface area contributed by atoms with Crippen molar-refractivity contribution in [1.82, 2.24) is 4.90 Å². The molecule has 39 heteroatoms. The molecule has 0 spiro atoms. The quantitative estimate of drug-likeness (QED) is 0.0229. The molecule has 39 nitrogen and oxygen atoms in total. The van der Waals surface area contributed by atoms with Crippen LogP contribution in [0.1, 0.15) is 121 Å². The summed E-state index contributed by atoms with van der Waals surface area (Å²) in [5, 5.41) is 252. The second kappa shape index (κ2) is 41.9. The highest BCUT2D eigenvalue weighted by atomic mass is 16.5. The topological polar surface area (TPSA) is 663 Å². The van der Waals surface area contributed by atoms with Crippen LogP contribution in [0.4, 0.5) is 0 Å². The van der Waals surface area contributed by atoms with Crippen LogP contribution in [0.15, 0.2) is 176 Å². The van der Waals surface area contributed by atoms with Crippen LogP contribution >= 0.6 is 0 Å². The van der Waals surface area contributed by atoms with Gasteiger partial charge in [-0.25, -0.2) is 9.59 Å². The molecule has 10 atom stereocenters. The van der Waals surface area contributed by atoms with Crippen molar-refractivity contribution in [2.45, 2.75) is 119 Å². The van der Waals surface area contributed by atoms with Gasteiger partial charge in [0.2, 0.25) is 0 Å². The van der Waals surface area contributed by atoms with E-state index in [1.807, 2.05) is 43.3 Å². The lowest BCUT2D eigenvalue weighted by atomic mass is 9.89. The smallest absolute Gasteiger partial charge is 0.344 e. The molecule has 0 unspecified atom stereocenters. The van der Waals surface area contributed by atoms with Crippen molar-refractivity contribution in [2.24, 2.45) is 0 Å². The summed E-state index contributed by atoms with van der Waals surface area (Å²) < 4.78 is 56.0. The van der Waals surface area contributed by atoms with Crippen molar-refractivity contribution in [3.05, 3.63) is 256 Å². The number of phenolic OH excluding ortho intramolecular Hbond substituents is 18. The van der Waals surface area contributed by atoms with Crippen LogP contribution in [-0.2, 0) is 51.7 Å². The first-order valence-corrected chi connectivity index (χ1v) is 43.3. The van der Waals surface area contributed by atoms with E-state index in [0.717, 1.165) is 65.2 Å². The molecular weight excluding hydrogens is 1840 g/mol. The largest absolute Gasteiger partial charge is 0.508 e. The molecule has 7 heterocycles. The third-order valence-corrected chi connectivity index (χ3v) is 24.1. The van der Waals surface area contributed by atoms with Gasteiger partial charge in [-0.1, -0.05) is 30.3 Å². The highest BCUT2D eigenvalue weighted by Crippen LogP contribution is 2.54. The minimum atomic E-state index is -1.05. The number of hydrogen-bond acceptors (Lipinski definition) is 39. The van der Waals surface area contributed by atoms with E-state index < -0.39 is 101 Å². The number of phenols is 18. The number of ether oxygens (including phenoxy) is 8. The highest BCUT2D eigenvalue weighted by molar-refractivity contribution is 6.22. The lowest BCUT2D eigenvalue weighted by Crippen LogP contribution is -2.30.